The van der Waals surface area contributed by atoms with Crippen molar-refractivity contribution < 1.29 is 14.3 Å². The second-order valence-corrected chi connectivity index (χ2v) is 3.19. The number of carbonyl (C=O) groups excluding carboxylic acids is 2. The van der Waals surface area contributed by atoms with E-state index >= 15 is 0 Å². The zero-order valence-corrected chi connectivity index (χ0v) is 8.20. The van der Waals surface area contributed by atoms with Gasteiger partial charge in [0.05, 0.1) is 19.8 Å². The molecule has 0 spiro atoms. The second kappa shape index (κ2) is 5.72. The van der Waals surface area contributed by atoms with E-state index in [2.05, 4.69) is 0 Å². The van der Waals surface area contributed by atoms with Gasteiger partial charge in [0.15, 0.2) is 0 Å². The number of nitrogens with zero attached hydrogens (tertiary/aromatic N) is 1. The Bertz CT molecular complexity index is 202. The van der Waals surface area contributed by atoms with E-state index < -0.39 is 0 Å². The number of amides is 2. The third-order valence-corrected chi connectivity index (χ3v) is 2.10. The molecular weight excluding hydrogens is 184 g/mol. The highest BCUT2D eigenvalue weighted by Crippen LogP contribution is 2.11. The Morgan fingerprint density at radius 1 is 1.21 bits per heavy atom. The van der Waals surface area contributed by atoms with Crippen LogP contribution in [-0.2, 0) is 14.3 Å². The molecule has 0 aromatic carbocycles. The number of rotatable bonds is 5. The predicted octanol–water partition coefficient (Wildman–Crippen LogP) is -0.499. The Morgan fingerprint density at radius 3 is 2.43 bits per heavy atom. The molecular formula is C9H16N2O3. The summed E-state index contributed by atoms with van der Waals surface area (Å²) >= 11 is 0. The van der Waals surface area contributed by atoms with E-state index in [1.807, 2.05) is 0 Å². The van der Waals surface area contributed by atoms with Crippen molar-refractivity contribution in [2.24, 2.45) is 5.73 Å². The van der Waals surface area contributed by atoms with Crippen molar-refractivity contribution in [2.75, 3.05) is 26.3 Å². The number of nitrogens with two attached hydrogens (primary N) is 1. The molecule has 5 heteroatoms. The lowest BCUT2D eigenvalue weighted by molar-refractivity contribution is -0.148. The molecule has 5 nitrogen and oxygen atoms in total. The monoisotopic (exact) mass is 200 g/mol. The Labute approximate surface area is 83.2 Å². The molecule has 1 rings (SSSR count). The number of likely N-dealkylation sites (tertiary alicyclic amines) is 1. The van der Waals surface area contributed by atoms with Gasteiger partial charge >= 0.3 is 0 Å². The van der Waals surface area contributed by atoms with Crippen molar-refractivity contribution >= 4 is 11.8 Å². The van der Waals surface area contributed by atoms with Crippen molar-refractivity contribution in [3.05, 3.63) is 0 Å². The van der Waals surface area contributed by atoms with Crippen LogP contribution in [0.1, 0.15) is 19.3 Å². The third-order valence-electron chi connectivity index (χ3n) is 2.10. The van der Waals surface area contributed by atoms with Crippen LogP contribution in [0.5, 0.6) is 0 Å². The maximum atomic E-state index is 11.3. The van der Waals surface area contributed by atoms with Gasteiger partial charge in [-0.25, -0.2) is 0 Å². The van der Waals surface area contributed by atoms with Crippen LogP contribution in [0.4, 0.5) is 0 Å². The van der Waals surface area contributed by atoms with E-state index in [1.165, 1.54) is 4.90 Å². The van der Waals surface area contributed by atoms with E-state index in [9.17, 15) is 9.59 Å². The SMILES string of the molecule is NCCOCCN1C(=O)CCCC1=O. The Balaban J connectivity index is 2.26. The van der Waals surface area contributed by atoms with Crippen LogP contribution < -0.4 is 5.73 Å². The Hall–Kier alpha value is -0.940. The molecule has 2 N–H and O–H groups in total. The van der Waals surface area contributed by atoms with E-state index in [-0.39, 0.29) is 11.8 Å². The van der Waals surface area contributed by atoms with Gasteiger partial charge in [-0.05, 0) is 6.42 Å². The average Bonchev–Trinajstić information content (AvgIpc) is 2.16. The maximum absolute atomic E-state index is 11.3. The van der Waals surface area contributed by atoms with Gasteiger partial charge in [0.1, 0.15) is 0 Å². The first-order chi connectivity index (χ1) is 6.75. The molecule has 0 aliphatic carbocycles. The number of carbonyl (C=O) groups is 2. The molecule has 1 fully saturated rings. The number of piperidine rings is 1. The number of ether oxygens (including phenoxy) is 1. The molecule has 1 aliphatic rings. The lowest BCUT2D eigenvalue weighted by atomic mass is 10.1. The molecule has 0 saturated carbocycles. The predicted molar refractivity (Wildman–Crippen MR) is 50.4 cm³/mol. The molecule has 0 unspecified atom stereocenters. The maximum Gasteiger partial charge on any atom is 0.229 e. The summed E-state index contributed by atoms with van der Waals surface area (Å²) in [7, 11) is 0. The number of imide groups is 1. The van der Waals surface area contributed by atoms with Gasteiger partial charge in [-0.2, -0.15) is 0 Å². The molecule has 0 atom stereocenters. The molecule has 1 saturated heterocycles. The van der Waals surface area contributed by atoms with Crippen molar-refractivity contribution in [3.8, 4) is 0 Å². The second-order valence-electron chi connectivity index (χ2n) is 3.19. The van der Waals surface area contributed by atoms with Gasteiger partial charge in [-0.3, -0.25) is 14.5 Å². The fourth-order valence-electron chi connectivity index (χ4n) is 1.39. The lowest BCUT2D eigenvalue weighted by Crippen LogP contribution is -2.42. The Morgan fingerprint density at radius 2 is 1.86 bits per heavy atom. The Kier molecular flexibility index (Phi) is 4.55. The van der Waals surface area contributed by atoms with Crippen LogP contribution in [0.2, 0.25) is 0 Å². The van der Waals surface area contributed by atoms with Crippen molar-refractivity contribution in [1.82, 2.24) is 4.90 Å². The first kappa shape index (κ1) is 11.1. The summed E-state index contributed by atoms with van der Waals surface area (Å²) in [5.41, 5.74) is 5.23. The number of hydrogen-bond acceptors (Lipinski definition) is 4. The molecule has 14 heavy (non-hydrogen) atoms. The average molecular weight is 200 g/mol. The van der Waals surface area contributed by atoms with Crippen molar-refractivity contribution in [1.29, 1.82) is 0 Å². The summed E-state index contributed by atoms with van der Waals surface area (Å²) < 4.78 is 5.11. The highest BCUT2D eigenvalue weighted by Gasteiger charge is 2.24. The highest BCUT2D eigenvalue weighted by atomic mass is 16.5. The standard InChI is InChI=1S/C9H16N2O3/c10-4-6-14-7-5-11-8(12)2-1-3-9(11)13/h1-7,10H2. The zero-order chi connectivity index (χ0) is 10.4. The topological polar surface area (TPSA) is 72.6 Å². The van der Waals surface area contributed by atoms with Gasteiger partial charge in [-0.1, -0.05) is 0 Å². The van der Waals surface area contributed by atoms with Crippen LogP contribution in [0.15, 0.2) is 0 Å². The molecule has 0 bridgehead atoms. The van der Waals surface area contributed by atoms with E-state index in [1.54, 1.807) is 0 Å². The summed E-state index contributed by atoms with van der Waals surface area (Å²) in [6.07, 6.45) is 1.63. The van der Waals surface area contributed by atoms with Crippen molar-refractivity contribution in [3.63, 3.8) is 0 Å². The first-order valence-electron chi connectivity index (χ1n) is 4.86. The third kappa shape index (κ3) is 3.08. The lowest BCUT2D eigenvalue weighted by Gasteiger charge is -2.24. The van der Waals surface area contributed by atoms with Crippen LogP contribution >= 0.6 is 0 Å². The van der Waals surface area contributed by atoms with Crippen molar-refractivity contribution in [2.45, 2.75) is 19.3 Å². The molecule has 1 heterocycles. The van der Waals surface area contributed by atoms with Crippen LogP contribution in [-0.4, -0.2) is 43.0 Å². The molecule has 0 aromatic heterocycles. The fourth-order valence-corrected chi connectivity index (χ4v) is 1.39. The normalized spacial score (nSPS) is 17.6. The summed E-state index contributed by atoms with van der Waals surface area (Å²) in [6.45, 7) is 1.67. The van der Waals surface area contributed by atoms with Gasteiger partial charge < -0.3 is 10.5 Å². The fraction of sp³-hybridized carbons (Fsp3) is 0.778. The molecule has 2 amide bonds. The molecule has 80 valence electrons. The largest absolute Gasteiger partial charge is 0.378 e. The van der Waals surface area contributed by atoms with E-state index in [4.69, 9.17) is 10.5 Å². The quantitative estimate of drug-likeness (QED) is 0.479. The summed E-state index contributed by atoms with van der Waals surface area (Å²) in [4.78, 5) is 23.9. The van der Waals surface area contributed by atoms with Gasteiger partial charge in [-0.15, -0.1) is 0 Å². The first-order valence-corrected chi connectivity index (χ1v) is 4.86. The minimum atomic E-state index is -0.0856. The summed E-state index contributed by atoms with van der Waals surface area (Å²) in [5.74, 6) is -0.171. The summed E-state index contributed by atoms with van der Waals surface area (Å²) in [5, 5.41) is 0. The smallest absolute Gasteiger partial charge is 0.229 e. The van der Waals surface area contributed by atoms with E-state index in [0.717, 1.165) is 0 Å². The molecule has 0 aromatic rings. The molecule has 0 radical (unpaired) electrons. The minimum Gasteiger partial charge on any atom is -0.378 e. The zero-order valence-electron chi connectivity index (χ0n) is 8.20. The number of hydrogen-bond donors (Lipinski definition) is 1. The van der Waals surface area contributed by atoms with Crippen LogP contribution in [0.3, 0.4) is 0 Å². The van der Waals surface area contributed by atoms with E-state index in [0.29, 0.717) is 45.6 Å². The summed E-state index contributed by atoms with van der Waals surface area (Å²) in [6, 6.07) is 0. The minimum absolute atomic E-state index is 0.0856. The van der Waals surface area contributed by atoms with Crippen LogP contribution in [0.25, 0.3) is 0 Å². The van der Waals surface area contributed by atoms with Gasteiger partial charge in [0.25, 0.3) is 0 Å². The molecule has 1 aliphatic heterocycles. The van der Waals surface area contributed by atoms with Gasteiger partial charge in [0, 0.05) is 19.4 Å². The van der Waals surface area contributed by atoms with Crippen LogP contribution in [0, 0.1) is 0 Å². The van der Waals surface area contributed by atoms with Gasteiger partial charge in [0.2, 0.25) is 11.8 Å². The highest BCUT2D eigenvalue weighted by molar-refractivity contribution is 5.97.